The molecule has 9 nitrogen and oxygen atoms in total. The SMILES string of the molecule is C[C@@H]1C[C@@H](C[C@H](NC(=O)c2cc(Cl)ccc2NC(=O)c2cccc(F)c2)C(=O)C(=O)NC2CC2)C(=O)N1. The third kappa shape index (κ3) is 6.71. The lowest BCUT2D eigenvalue weighted by Crippen LogP contribution is -2.49. The standard InChI is InChI=1S/C26H26ClFN4O5/c1-13-9-15(24(35)29-13)11-21(22(33)26(37)30-18-6-7-18)32-25(36)19-12-16(27)5-8-20(19)31-23(34)14-3-2-4-17(28)10-14/h2-5,8,10,12-13,15,18,21H,6-7,9,11H2,1H3,(H,29,35)(H,30,37)(H,31,34)(H,32,36)/t13-,15+,21+/m1/s1. The van der Waals surface area contributed by atoms with Crippen molar-refractivity contribution in [3.63, 3.8) is 0 Å². The molecule has 2 aromatic rings. The van der Waals surface area contributed by atoms with Gasteiger partial charge in [0, 0.05) is 28.6 Å². The van der Waals surface area contributed by atoms with E-state index in [0.717, 1.165) is 18.9 Å². The summed E-state index contributed by atoms with van der Waals surface area (Å²) in [7, 11) is 0. The number of hydrogen-bond acceptors (Lipinski definition) is 5. The summed E-state index contributed by atoms with van der Waals surface area (Å²) in [6.07, 6.45) is 1.93. The molecule has 11 heteroatoms. The number of carbonyl (C=O) groups excluding carboxylic acids is 5. The van der Waals surface area contributed by atoms with Gasteiger partial charge in [-0.2, -0.15) is 0 Å². The second-order valence-corrected chi connectivity index (χ2v) is 9.81. The van der Waals surface area contributed by atoms with E-state index in [1.54, 1.807) is 0 Å². The molecule has 1 saturated carbocycles. The minimum absolute atomic E-state index is 0.0347. The molecule has 0 unspecified atom stereocenters. The first-order valence-corrected chi connectivity index (χ1v) is 12.3. The molecule has 1 aliphatic carbocycles. The van der Waals surface area contributed by atoms with Gasteiger partial charge in [-0.05, 0) is 69.0 Å². The van der Waals surface area contributed by atoms with Gasteiger partial charge in [0.05, 0.1) is 17.3 Å². The third-order valence-electron chi connectivity index (χ3n) is 6.24. The van der Waals surface area contributed by atoms with E-state index in [2.05, 4.69) is 21.3 Å². The molecule has 0 aromatic heterocycles. The quantitative estimate of drug-likeness (QED) is 0.371. The zero-order valence-electron chi connectivity index (χ0n) is 20.0. The van der Waals surface area contributed by atoms with E-state index in [9.17, 15) is 28.4 Å². The minimum atomic E-state index is -1.28. The summed E-state index contributed by atoms with van der Waals surface area (Å²) in [6.45, 7) is 1.83. The van der Waals surface area contributed by atoms with E-state index in [1.807, 2.05) is 6.92 Å². The molecule has 3 atom stereocenters. The van der Waals surface area contributed by atoms with E-state index >= 15 is 0 Å². The number of halogens is 2. The van der Waals surface area contributed by atoms with E-state index in [-0.39, 0.29) is 46.2 Å². The van der Waals surface area contributed by atoms with Crippen LogP contribution in [0.4, 0.5) is 10.1 Å². The van der Waals surface area contributed by atoms with Crippen molar-refractivity contribution in [2.24, 2.45) is 5.92 Å². The Morgan fingerprint density at radius 3 is 2.51 bits per heavy atom. The summed E-state index contributed by atoms with van der Waals surface area (Å²) in [4.78, 5) is 63.8. The Labute approximate surface area is 217 Å². The Kier molecular flexibility index (Phi) is 7.87. The van der Waals surface area contributed by atoms with Crippen molar-refractivity contribution in [1.29, 1.82) is 0 Å². The molecule has 1 saturated heterocycles. The van der Waals surface area contributed by atoms with Crippen molar-refractivity contribution >= 4 is 46.7 Å². The van der Waals surface area contributed by atoms with Crippen molar-refractivity contribution in [2.75, 3.05) is 5.32 Å². The Morgan fingerprint density at radius 2 is 1.86 bits per heavy atom. The Morgan fingerprint density at radius 1 is 1.11 bits per heavy atom. The molecule has 0 spiro atoms. The van der Waals surface area contributed by atoms with Crippen LogP contribution in [0, 0.1) is 11.7 Å². The number of amides is 4. The van der Waals surface area contributed by atoms with Crippen molar-refractivity contribution in [3.8, 4) is 0 Å². The fourth-order valence-electron chi connectivity index (χ4n) is 4.19. The summed E-state index contributed by atoms with van der Waals surface area (Å²) in [5.41, 5.74) is 0.0337. The number of benzene rings is 2. The molecule has 0 radical (unpaired) electrons. The van der Waals surface area contributed by atoms with Crippen LogP contribution in [0.15, 0.2) is 42.5 Å². The first kappa shape index (κ1) is 26.3. The normalized spacial score (nSPS) is 19.5. The average Bonchev–Trinajstić information content (AvgIpc) is 3.61. The minimum Gasteiger partial charge on any atom is -0.353 e. The first-order valence-electron chi connectivity index (χ1n) is 11.9. The molecule has 1 heterocycles. The van der Waals surface area contributed by atoms with Crippen LogP contribution in [-0.4, -0.2) is 47.5 Å². The van der Waals surface area contributed by atoms with Gasteiger partial charge in [0.1, 0.15) is 5.82 Å². The topological polar surface area (TPSA) is 133 Å². The van der Waals surface area contributed by atoms with E-state index in [1.165, 1.54) is 36.4 Å². The van der Waals surface area contributed by atoms with E-state index in [4.69, 9.17) is 11.6 Å². The number of anilines is 1. The van der Waals surface area contributed by atoms with Crippen LogP contribution in [0.3, 0.4) is 0 Å². The van der Waals surface area contributed by atoms with Gasteiger partial charge in [-0.15, -0.1) is 0 Å². The molecular weight excluding hydrogens is 503 g/mol. The molecule has 2 fully saturated rings. The predicted octanol–water partition coefficient (Wildman–Crippen LogP) is 2.59. The lowest BCUT2D eigenvalue weighted by atomic mass is 9.93. The van der Waals surface area contributed by atoms with E-state index in [0.29, 0.717) is 6.42 Å². The van der Waals surface area contributed by atoms with Crippen LogP contribution in [0.1, 0.15) is 53.3 Å². The second kappa shape index (κ2) is 11.1. The predicted molar refractivity (Wildman–Crippen MR) is 134 cm³/mol. The van der Waals surface area contributed by atoms with Crippen molar-refractivity contribution < 1.29 is 28.4 Å². The fraction of sp³-hybridized carbons (Fsp3) is 0.346. The summed E-state index contributed by atoms with van der Waals surface area (Å²) >= 11 is 6.10. The maximum absolute atomic E-state index is 13.6. The molecule has 194 valence electrons. The largest absolute Gasteiger partial charge is 0.353 e. The highest BCUT2D eigenvalue weighted by molar-refractivity contribution is 6.38. The maximum atomic E-state index is 13.6. The average molecular weight is 529 g/mol. The monoisotopic (exact) mass is 528 g/mol. The number of ketones is 1. The molecule has 2 aromatic carbocycles. The van der Waals surface area contributed by atoms with Crippen LogP contribution >= 0.6 is 11.6 Å². The Hall–Kier alpha value is -3.79. The van der Waals surface area contributed by atoms with Crippen molar-refractivity contribution in [1.82, 2.24) is 16.0 Å². The molecule has 1 aliphatic heterocycles. The maximum Gasteiger partial charge on any atom is 0.289 e. The summed E-state index contributed by atoms with van der Waals surface area (Å²) < 4.78 is 13.6. The highest BCUT2D eigenvalue weighted by Gasteiger charge is 2.37. The summed E-state index contributed by atoms with van der Waals surface area (Å²) in [5.74, 6) is -4.55. The Balaban J connectivity index is 1.55. The lowest BCUT2D eigenvalue weighted by molar-refractivity contribution is -0.139. The van der Waals surface area contributed by atoms with Gasteiger partial charge in [0.25, 0.3) is 17.7 Å². The smallest absolute Gasteiger partial charge is 0.289 e. The highest BCUT2D eigenvalue weighted by atomic mass is 35.5. The summed E-state index contributed by atoms with van der Waals surface area (Å²) in [5, 5.41) is 10.7. The highest BCUT2D eigenvalue weighted by Crippen LogP contribution is 2.25. The summed E-state index contributed by atoms with van der Waals surface area (Å²) in [6, 6.07) is 7.74. The number of Topliss-reactive ketones (excluding diaryl/α,β-unsaturated/α-hetero) is 1. The van der Waals surface area contributed by atoms with Crippen LogP contribution in [0.25, 0.3) is 0 Å². The van der Waals surface area contributed by atoms with Gasteiger partial charge < -0.3 is 21.3 Å². The van der Waals surface area contributed by atoms with Crippen LogP contribution < -0.4 is 21.3 Å². The number of carbonyl (C=O) groups is 5. The van der Waals surface area contributed by atoms with Gasteiger partial charge in [-0.1, -0.05) is 17.7 Å². The number of nitrogens with one attached hydrogen (secondary N) is 4. The molecule has 2 aliphatic rings. The van der Waals surface area contributed by atoms with Crippen LogP contribution in [0.5, 0.6) is 0 Å². The van der Waals surface area contributed by atoms with E-state index < -0.39 is 41.3 Å². The molecule has 4 N–H and O–H groups in total. The number of hydrogen-bond donors (Lipinski definition) is 4. The molecule has 4 amide bonds. The molecular formula is C26H26ClFN4O5. The lowest BCUT2D eigenvalue weighted by Gasteiger charge is -2.21. The molecule has 37 heavy (non-hydrogen) atoms. The van der Waals surface area contributed by atoms with Gasteiger partial charge in [-0.25, -0.2) is 4.39 Å². The zero-order valence-corrected chi connectivity index (χ0v) is 20.7. The van der Waals surface area contributed by atoms with Gasteiger partial charge in [-0.3, -0.25) is 24.0 Å². The zero-order chi connectivity index (χ0) is 26.7. The van der Waals surface area contributed by atoms with Crippen LogP contribution in [0.2, 0.25) is 5.02 Å². The third-order valence-corrected chi connectivity index (χ3v) is 6.47. The first-order chi connectivity index (χ1) is 17.6. The molecule has 4 rings (SSSR count). The second-order valence-electron chi connectivity index (χ2n) is 9.37. The van der Waals surface area contributed by atoms with Gasteiger partial charge in [0.2, 0.25) is 11.7 Å². The molecule has 0 bridgehead atoms. The van der Waals surface area contributed by atoms with Crippen molar-refractivity contribution in [2.45, 2.75) is 50.7 Å². The number of rotatable bonds is 9. The van der Waals surface area contributed by atoms with Crippen molar-refractivity contribution in [3.05, 3.63) is 64.4 Å². The fourth-order valence-corrected chi connectivity index (χ4v) is 4.36. The Bertz CT molecular complexity index is 1270. The van der Waals surface area contributed by atoms with Gasteiger partial charge >= 0.3 is 0 Å². The van der Waals surface area contributed by atoms with Crippen LogP contribution in [-0.2, 0) is 14.4 Å². The van der Waals surface area contributed by atoms with Gasteiger partial charge in [0.15, 0.2) is 0 Å².